The van der Waals surface area contributed by atoms with Crippen molar-refractivity contribution in [3.8, 4) is 0 Å². The van der Waals surface area contributed by atoms with E-state index >= 15 is 0 Å². The fourth-order valence-electron chi connectivity index (χ4n) is 1.89. The SMILES string of the molecule is CCCC/C=C(/[Se]c1ccccc1)c1ccc(Cl)cc1. The zero-order valence-corrected chi connectivity index (χ0v) is 14.2. The van der Waals surface area contributed by atoms with E-state index in [-0.39, 0.29) is 0 Å². The molecule has 0 aliphatic carbocycles. The molecule has 2 heteroatoms. The van der Waals surface area contributed by atoms with E-state index in [2.05, 4.69) is 55.5 Å². The van der Waals surface area contributed by atoms with Crippen molar-refractivity contribution < 1.29 is 0 Å². The number of rotatable bonds is 6. The maximum absolute atomic E-state index is 5.99. The summed E-state index contributed by atoms with van der Waals surface area (Å²) in [7, 11) is 0. The van der Waals surface area contributed by atoms with Crippen LogP contribution in [0.25, 0.3) is 4.47 Å². The fraction of sp³-hybridized carbons (Fsp3) is 0.222. The summed E-state index contributed by atoms with van der Waals surface area (Å²) in [4.78, 5) is 0. The molecule has 0 saturated heterocycles. The van der Waals surface area contributed by atoms with Gasteiger partial charge in [-0.05, 0) is 0 Å². The van der Waals surface area contributed by atoms with E-state index in [1.54, 1.807) is 0 Å². The van der Waals surface area contributed by atoms with E-state index in [0.29, 0.717) is 15.0 Å². The molecule has 0 amide bonds. The molecule has 2 rings (SSSR count). The summed E-state index contributed by atoms with van der Waals surface area (Å²) in [5.74, 6) is 0. The van der Waals surface area contributed by atoms with Gasteiger partial charge in [0, 0.05) is 0 Å². The second-order valence-corrected chi connectivity index (χ2v) is 7.41. The van der Waals surface area contributed by atoms with Crippen molar-refractivity contribution in [1.82, 2.24) is 0 Å². The minimum absolute atomic E-state index is 0.350. The molecule has 0 nitrogen and oxygen atoms in total. The number of unbranched alkanes of at least 4 members (excludes halogenated alkanes) is 2. The zero-order chi connectivity index (χ0) is 14.2. The Labute approximate surface area is 133 Å². The Balaban J connectivity index is 2.20. The molecule has 0 saturated carbocycles. The Morgan fingerprint density at radius 2 is 1.75 bits per heavy atom. The molecule has 0 fully saturated rings. The third-order valence-electron chi connectivity index (χ3n) is 2.99. The first-order chi connectivity index (χ1) is 9.79. The summed E-state index contributed by atoms with van der Waals surface area (Å²) in [5.41, 5.74) is 1.30. The molecule has 0 heterocycles. The molecular formula is C18H19ClSe. The minimum atomic E-state index is 0.350. The van der Waals surface area contributed by atoms with Crippen LogP contribution in [-0.4, -0.2) is 15.0 Å². The van der Waals surface area contributed by atoms with Gasteiger partial charge in [-0.2, -0.15) is 0 Å². The molecule has 0 N–H and O–H groups in total. The van der Waals surface area contributed by atoms with Gasteiger partial charge >= 0.3 is 133 Å². The molecule has 0 unspecified atom stereocenters. The monoisotopic (exact) mass is 350 g/mol. The van der Waals surface area contributed by atoms with Gasteiger partial charge in [0.15, 0.2) is 0 Å². The number of hydrogen-bond acceptors (Lipinski definition) is 0. The molecule has 0 bridgehead atoms. The van der Waals surface area contributed by atoms with E-state index < -0.39 is 0 Å². The first-order valence-electron chi connectivity index (χ1n) is 6.98. The van der Waals surface area contributed by atoms with Crippen LogP contribution in [0.4, 0.5) is 0 Å². The normalized spacial score (nSPS) is 11.6. The third kappa shape index (κ3) is 4.83. The number of halogens is 1. The van der Waals surface area contributed by atoms with Gasteiger partial charge in [0.05, 0.1) is 0 Å². The number of benzene rings is 2. The summed E-state index contributed by atoms with van der Waals surface area (Å²) in [6, 6.07) is 18.9. The van der Waals surface area contributed by atoms with Crippen LogP contribution in [-0.2, 0) is 0 Å². The molecule has 0 radical (unpaired) electrons. The summed E-state index contributed by atoms with van der Waals surface area (Å²) in [6.07, 6.45) is 6.05. The Bertz CT molecular complexity index is 543. The molecule has 20 heavy (non-hydrogen) atoms. The second kappa shape index (κ2) is 8.32. The summed E-state index contributed by atoms with van der Waals surface area (Å²) < 4.78 is 2.87. The van der Waals surface area contributed by atoms with Crippen LogP contribution in [0.3, 0.4) is 0 Å². The van der Waals surface area contributed by atoms with Crippen LogP contribution >= 0.6 is 11.6 Å². The van der Waals surface area contributed by atoms with Crippen LogP contribution in [0.2, 0.25) is 5.02 Å². The Morgan fingerprint density at radius 3 is 2.40 bits per heavy atom. The summed E-state index contributed by atoms with van der Waals surface area (Å²) in [5, 5.41) is 0.800. The standard InChI is InChI=1S/C18H19ClSe/c1-2-3-5-10-18(15-11-13-16(19)14-12-15)20-17-8-6-4-7-9-17/h4,6-14H,2-3,5H2,1H3/b18-10+. The van der Waals surface area contributed by atoms with Gasteiger partial charge < -0.3 is 0 Å². The van der Waals surface area contributed by atoms with E-state index in [0.717, 1.165) is 11.4 Å². The number of allylic oxidation sites excluding steroid dienone is 1. The van der Waals surface area contributed by atoms with Gasteiger partial charge in [-0.25, -0.2) is 0 Å². The Kier molecular flexibility index (Phi) is 6.39. The molecule has 0 aromatic heterocycles. The molecule has 0 aliphatic heterocycles. The fourth-order valence-corrected chi connectivity index (χ4v) is 4.11. The third-order valence-corrected chi connectivity index (χ3v) is 5.61. The molecule has 104 valence electrons. The van der Waals surface area contributed by atoms with E-state index in [1.165, 1.54) is 27.3 Å². The van der Waals surface area contributed by atoms with Crippen LogP contribution < -0.4 is 4.46 Å². The maximum atomic E-state index is 5.99. The molecule has 0 atom stereocenters. The average molecular weight is 350 g/mol. The number of hydrogen-bond donors (Lipinski definition) is 0. The van der Waals surface area contributed by atoms with Gasteiger partial charge in [0.1, 0.15) is 0 Å². The topological polar surface area (TPSA) is 0 Å². The van der Waals surface area contributed by atoms with Gasteiger partial charge in [0.25, 0.3) is 0 Å². The average Bonchev–Trinajstić information content (AvgIpc) is 2.48. The first kappa shape index (κ1) is 15.4. The van der Waals surface area contributed by atoms with Crippen molar-refractivity contribution in [2.75, 3.05) is 0 Å². The van der Waals surface area contributed by atoms with Crippen molar-refractivity contribution in [2.24, 2.45) is 0 Å². The molecule has 2 aromatic carbocycles. The van der Waals surface area contributed by atoms with Crippen molar-refractivity contribution in [2.45, 2.75) is 26.2 Å². The van der Waals surface area contributed by atoms with E-state index in [4.69, 9.17) is 11.6 Å². The molecule has 0 spiro atoms. The Hall–Kier alpha value is -1.01. The van der Waals surface area contributed by atoms with Gasteiger partial charge in [-0.15, -0.1) is 0 Å². The van der Waals surface area contributed by atoms with Crippen molar-refractivity contribution >= 4 is 35.5 Å². The Morgan fingerprint density at radius 1 is 1.05 bits per heavy atom. The first-order valence-corrected chi connectivity index (χ1v) is 9.07. The van der Waals surface area contributed by atoms with Gasteiger partial charge in [0.2, 0.25) is 0 Å². The zero-order valence-electron chi connectivity index (χ0n) is 11.7. The summed E-state index contributed by atoms with van der Waals surface area (Å²) >= 11 is 6.34. The van der Waals surface area contributed by atoms with Crippen LogP contribution in [0.1, 0.15) is 31.7 Å². The van der Waals surface area contributed by atoms with Crippen LogP contribution in [0, 0.1) is 0 Å². The molecule has 0 aliphatic rings. The van der Waals surface area contributed by atoms with Gasteiger partial charge in [-0.1, -0.05) is 0 Å². The predicted octanol–water partition coefficient (Wildman–Crippen LogP) is 4.90. The predicted molar refractivity (Wildman–Crippen MR) is 90.8 cm³/mol. The van der Waals surface area contributed by atoms with Gasteiger partial charge in [-0.3, -0.25) is 0 Å². The second-order valence-electron chi connectivity index (χ2n) is 4.63. The molecule has 2 aromatic rings. The van der Waals surface area contributed by atoms with Crippen LogP contribution in [0.15, 0.2) is 60.7 Å². The van der Waals surface area contributed by atoms with E-state index in [9.17, 15) is 0 Å². The van der Waals surface area contributed by atoms with Crippen molar-refractivity contribution in [1.29, 1.82) is 0 Å². The van der Waals surface area contributed by atoms with Crippen LogP contribution in [0.5, 0.6) is 0 Å². The van der Waals surface area contributed by atoms with Crippen molar-refractivity contribution in [3.63, 3.8) is 0 Å². The van der Waals surface area contributed by atoms with E-state index in [1.807, 2.05) is 12.1 Å². The molecular weight excluding hydrogens is 331 g/mol. The quantitative estimate of drug-likeness (QED) is 0.514. The summed E-state index contributed by atoms with van der Waals surface area (Å²) in [6.45, 7) is 2.23. The van der Waals surface area contributed by atoms with Crippen molar-refractivity contribution in [3.05, 3.63) is 71.3 Å².